The summed E-state index contributed by atoms with van der Waals surface area (Å²) in [5.41, 5.74) is 2.19. The van der Waals surface area contributed by atoms with Gasteiger partial charge in [0.15, 0.2) is 0 Å². The quantitative estimate of drug-likeness (QED) is 0.829. The van der Waals surface area contributed by atoms with Crippen molar-refractivity contribution in [2.45, 2.75) is 18.8 Å². The Morgan fingerprint density at radius 2 is 1.92 bits per heavy atom. The molecule has 0 aliphatic heterocycles. The minimum atomic E-state index is -0.825. The molecule has 0 saturated heterocycles. The van der Waals surface area contributed by atoms with Crippen molar-refractivity contribution in [3.63, 3.8) is 0 Å². The molecule has 1 amide bonds. The number of carbonyl (C=O) groups is 2. The molecule has 24 heavy (non-hydrogen) atoms. The zero-order valence-corrected chi connectivity index (χ0v) is 14.4. The van der Waals surface area contributed by atoms with Gasteiger partial charge in [0.25, 0.3) is 0 Å². The van der Waals surface area contributed by atoms with Crippen molar-refractivity contribution in [1.82, 2.24) is 0 Å². The molecule has 1 atom stereocenters. The highest BCUT2D eigenvalue weighted by atomic mass is 35.5. The Bertz CT molecular complexity index is 820. The Morgan fingerprint density at radius 1 is 1.12 bits per heavy atom. The molecule has 1 unspecified atom stereocenters. The second-order valence-corrected chi connectivity index (χ2v) is 6.40. The number of amides is 1. The highest BCUT2D eigenvalue weighted by Crippen LogP contribution is 2.33. The van der Waals surface area contributed by atoms with Crippen molar-refractivity contribution in [2.24, 2.45) is 0 Å². The summed E-state index contributed by atoms with van der Waals surface area (Å²) in [5, 5.41) is 3.49. The summed E-state index contributed by atoms with van der Waals surface area (Å²) in [5.74, 6) is -0.574. The third kappa shape index (κ3) is 3.25. The summed E-state index contributed by atoms with van der Waals surface area (Å²) in [6, 6.07) is 10.2. The molecule has 2 aromatic carbocycles. The molecule has 1 aliphatic rings. The first-order valence-electron chi connectivity index (χ1n) is 7.45. The van der Waals surface area contributed by atoms with Gasteiger partial charge in [-0.05, 0) is 47.9 Å². The third-order valence-corrected chi connectivity index (χ3v) is 4.81. The largest absolute Gasteiger partial charge is 0.497 e. The van der Waals surface area contributed by atoms with E-state index in [2.05, 4.69) is 5.32 Å². The SMILES string of the molecule is COc1ccc2c(c1)CCC(=O)C2C(=O)Nc1ccc(Cl)c(Cl)c1. The molecule has 0 radical (unpaired) electrons. The molecule has 0 spiro atoms. The number of nitrogens with one attached hydrogen (secondary N) is 1. The lowest BCUT2D eigenvalue weighted by Gasteiger charge is -2.24. The highest BCUT2D eigenvalue weighted by molar-refractivity contribution is 6.42. The Balaban J connectivity index is 1.89. The average Bonchev–Trinajstić information content (AvgIpc) is 2.57. The molecule has 2 aromatic rings. The lowest BCUT2D eigenvalue weighted by Crippen LogP contribution is -2.31. The van der Waals surface area contributed by atoms with E-state index in [4.69, 9.17) is 27.9 Å². The molecule has 1 aliphatic carbocycles. The van der Waals surface area contributed by atoms with Gasteiger partial charge in [-0.15, -0.1) is 0 Å². The maximum atomic E-state index is 12.7. The Morgan fingerprint density at radius 3 is 2.62 bits per heavy atom. The Hall–Kier alpha value is -2.04. The molecule has 0 bridgehead atoms. The van der Waals surface area contributed by atoms with E-state index in [-0.39, 0.29) is 11.7 Å². The number of ether oxygens (including phenoxy) is 1. The molecule has 0 fully saturated rings. The van der Waals surface area contributed by atoms with E-state index in [1.807, 2.05) is 6.07 Å². The second kappa shape index (κ2) is 6.83. The monoisotopic (exact) mass is 363 g/mol. The molecule has 124 valence electrons. The minimum Gasteiger partial charge on any atom is -0.497 e. The Kier molecular flexibility index (Phi) is 4.78. The predicted octanol–water partition coefficient (Wildman–Crippen LogP) is 4.24. The van der Waals surface area contributed by atoms with Crippen LogP contribution >= 0.6 is 23.2 Å². The zero-order chi connectivity index (χ0) is 17.3. The number of anilines is 1. The topological polar surface area (TPSA) is 55.4 Å². The van der Waals surface area contributed by atoms with Crippen molar-refractivity contribution < 1.29 is 14.3 Å². The van der Waals surface area contributed by atoms with Gasteiger partial charge in [-0.25, -0.2) is 0 Å². The van der Waals surface area contributed by atoms with E-state index < -0.39 is 5.92 Å². The molecular formula is C18H15Cl2NO3. The van der Waals surface area contributed by atoms with E-state index >= 15 is 0 Å². The van der Waals surface area contributed by atoms with Gasteiger partial charge in [-0.2, -0.15) is 0 Å². The van der Waals surface area contributed by atoms with Crippen molar-refractivity contribution >= 4 is 40.6 Å². The lowest BCUT2D eigenvalue weighted by atomic mass is 9.81. The van der Waals surface area contributed by atoms with Crippen LogP contribution in [0.5, 0.6) is 5.75 Å². The number of aryl methyl sites for hydroxylation is 1. The van der Waals surface area contributed by atoms with Gasteiger partial charge < -0.3 is 10.1 Å². The number of benzene rings is 2. The van der Waals surface area contributed by atoms with Crippen molar-refractivity contribution in [2.75, 3.05) is 12.4 Å². The second-order valence-electron chi connectivity index (χ2n) is 5.58. The number of halogens is 2. The van der Waals surface area contributed by atoms with Gasteiger partial charge in [0, 0.05) is 12.1 Å². The van der Waals surface area contributed by atoms with E-state index in [1.165, 1.54) is 0 Å². The van der Waals surface area contributed by atoms with Gasteiger partial charge in [-0.3, -0.25) is 9.59 Å². The van der Waals surface area contributed by atoms with Crippen LogP contribution in [0.2, 0.25) is 10.0 Å². The molecule has 4 nitrogen and oxygen atoms in total. The van der Waals surface area contributed by atoms with Crippen LogP contribution in [-0.2, 0) is 16.0 Å². The summed E-state index contributed by atoms with van der Waals surface area (Å²) < 4.78 is 5.21. The van der Waals surface area contributed by atoms with Crippen LogP contribution in [0.15, 0.2) is 36.4 Å². The number of Topliss-reactive ketones (excluding diaryl/α,β-unsaturated/α-hetero) is 1. The van der Waals surface area contributed by atoms with Crippen LogP contribution in [0.1, 0.15) is 23.5 Å². The lowest BCUT2D eigenvalue weighted by molar-refractivity contribution is -0.128. The number of hydrogen-bond acceptors (Lipinski definition) is 3. The number of fused-ring (bicyclic) bond motifs is 1. The minimum absolute atomic E-state index is 0.0924. The van der Waals surface area contributed by atoms with Gasteiger partial charge in [0.2, 0.25) is 5.91 Å². The molecule has 0 saturated carbocycles. The van der Waals surface area contributed by atoms with Gasteiger partial charge >= 0.3 is 0 Å². The molecule has 6 heteroatoms. The van der Waals surface area contributed by atoms with Crippen LogP contribution in [0, 0.1) is 0 Å². The van der Waals surface area contributed by atoms with Gasteiger partial charge in [-0.1, -0.05) is 29.3 Å². The summed E-state index contributed by atoms with van der Waals surface area (Å²) in [6.45, 7) is 0. The van der Waals surface area contributed by atoms with E-state index in [0.717, 1.165) is 11.1 Å². The van der Waals surface area contributed by atoms with Crippen LogP contribution < -0.4 is 10.1 Å². The molecular weight excluding hydrogens is 349 g/mol. The fraction of sp³-hybridized carbons (Fsp3) is 0.222. The van der Waals surface area contributed by atoms with Gasteiger partial charge in [0.1, 0.15) is 17.5 Å². The summed E-state index contributed by atoms with van der Waals surface area (Å²) in [7, 11) is 1.59. The first kappa shape index (κ1) is 16.8. The normalized spacial score (nSPS) is 16.5. The standard InChI is InChI=1S/C18H15Cl2NO3/c1-24-12-4-5-13-10(8-12)2-7-16(22)17(13)18(23)21-11-3-6-14(19)15(20)9-11/h3-6,8-9,17H,2,7H2,1H3,(H,21,23). The van der Waals surface area contributed by atoms with Crippen molar-refractivity contribution in [3.05, 3.63) is 57.6 Å². The van der Waals surface area contributed by atoms with E-state index in [9.17, 15) is 9.59 Å². The van der Waals surface area contributed by atoms with Crippen molar-refractivity contribution in [1.29, 1.82) is 0 Å². The van der Waals surface area contributed by atoms with Crippen LogP contribution in [0.3, 0.4) is 0 Å². The number of carbonyl (C=O) groups excluding carboxylic acids is 2. The number of rotatable bonds is 3. The fourth-order valence-electron chi connectivity index (χ4n) is 2.86. The molecule has 0 heterocycles. The molecule has 3 rings (SSSR count). The first-order valence-corrected chi connectivity index (χ1v) is 8.20. The first-order chi connectivity index (χ1) is 11.5. The van der Waals surface area contributed by atoms with E-state index in [0.29, 0.717) is 34.3 Å². The van der Waals surface area contributed by atoms with E-state index in [1.54, 1.807) is 37.4 Å². The number of hydrogen-bond donors (Lipinski definition) is 1. The van der Waals surface area contributed by atoms with Gasteiger partial charge in [0.05, 0.1) is 17.2 Å². The fourth-order valence-corrected chi connectivity index (χ4v) is 3.16. The third-order valence-electron chi connectivity index (χ3n) is 4.07. The maximum absolute atomic E-state index is 12.7. The average molecular weight is 364 g/mol. The van der Waals surface area contributed by atoms with Crippen LogP contribution in [0.4, 0.5) is 5.69 Å². The van der Waals surface area contributed by atoms with Crippen LogP contribution in [0.25, 0.3) is 0 Å². The highest BCUT2D eigenvalue weighted by Gasteiger charge is 2.33. The van der Waals surface area contributed by atoms with Crippen LogP contribution in [-0.4, -0.2) is 18.8 Å². The maximum Gasteiger partial charge on any atom is 0.239 e. The summed E-state index contributed by atoms with van der Waals surface area (Å²) >= 11 is 11.8. The summed E-state index contributed by atoms with van der Waals surface area (Å²) in [6.07, 6.45) is 0.946. The molecule has 1 N–H and O–H groups in total. The zero-order valence-electron chi connectivity index (χ0n) is 12.9. The Labute approximate surface area is 149 Å². The van der Waals surface area contributed by atoms with Crippen molar-refractivity contribution in [3.8, 4) is 5.75 Å². The number of methoxy groups -OCH3 is 1. The predicted molar refractivity (Wildman–Crippen MR) is 94.2 cm³/mol. The number of ketones is 1. The summed E-state index contributed by atoms with van der Waals surface area (Å²) in [4.78, 5) is 25.0. The molecule has 0 aromatic heterocycles. The smallest absolute Gasteiger partial charge is 0.239 e.